The minimum absolute atomic E-state index is 0.0142. The number of fused-ring (bicyclic) bond motifs is 1. The number of allylic oxidation sites excluding steroid dienone is 1. The van der Waals surface area contributed by atoms with Crippen LogP contribution in [0.4, 0.5) is 5.82 Å². The minimum Gasteiger partial charge on any atom is -0.512 e. The Hall–Kier alpha value is -3.47. The number of phosphoric acid groups is 3. The number of thioether (sulfide) groups is 1. The Morgan fingerprint density at radius 3 is 2.36 bits per heavy atom. The molecule has 344 valence electrons. The monoisotopic (exact) mass is 952 g/mol. The molecule has 0 aromatic carbocycles. The van der Waals surface area contributed by atoms with Crippen molar-refractivity contribution >= 4 is 75.1 Å². The van der Waals surface area contributed by atoms with Crippen LogP contribution in [0.25, 0.3) is 11.2 Å². The van der Waals surface area contributed by atoms with Gasteiger partial charge in [0, 0.05) is 43.2 Å². The first-order chi connectivity index (χ1) is 28.2. The van der Waals surface area contributed by atoms with Gasteiger partial charge in [0.2, 0.25) is 16.9 Å². The molecule has 1 aliphatic heterocycles. The first-order valence-corrected chi connectivity index (χ1v) is 23.2. The summed E-state index contributed by atoms with van der Waals surface area (Å²) in [6.45, 7) is 0.105. The fourth-order valence-corrected chi connectivity index (χ4v) is 8.61. The number of ether oxygens (including phenoxy) is 1. The van der Waals surface area contributed by atoms with Crippen molar-refractivity contribution in [1.29, 1.82) is 0 Å². The van der Waals surface area contributed by atoms with Gasteiger partial charge < -0.3 is 66.8 Å². The Kier molecular flexibility index (Phi) is 18.9. The standard InChI is InChI=1S/C29H47N8O20P3S/c1-29(2,23(42)26(43)33-7-6-18(39)32-8-9-61-19(40)10-15(38)4-3-5-16(30)28(44)45)12-54-60(51,52)57-59(49,50)53-11-17-22(56-58(46,47)48)21(41)27(55-17)37-14-36-20-24(31)34-13-35-25(20)37/h10,13-14,16-17,21-23,27,38,41-42H,3-9,11-12,30H2,1-2H3,(H,32,39)(H,33,43)(H,44,45)(H,49,50)(H,51,52)(H2,31,34,35)(H2,46,47,48)/t16?,17-,21-,22-,23+,27-/m1/s1. The van der Waals surface area contributed by atoms with Crippen molar-refractivity contribution in [2.75, 3.05) is 37.8 Å². The van der Waals surface area contributed by atoms with Gasteiger partial charge >= 0.3 is 29.4 Å². The highest BCUT2D eigenvalue weighted by Crippen LogP contribution is 2.61. The maximum absolute atomic E-state index is 12.7. The molecule has 0 bridgehead atoms. The number of nitrogen functional groups attached to an aromatic ring is 1. The molecule has 14 N–H and O–H groups in total. The number of carbonyl (C=O) groups is 4. The number of hydrogen-bond acceptors (Lipinski definition) is 21. The van der Waals surface area contributed by atoms with Crippen molar-refractivity contribution in [3.05, 3.63) is 24.5 Å². The third kappa shape index (κ3) is 16.6. The highest BCUT2D eigenvalue weighted by atomic mass is 32.2. The average molecular weight is 953 g/mol. The van der Waals surface area contributed by atoms with Gasteiger partial charge in [0.25, 0.3) is 0 Å². The zero-order chi connectivity index (χ0) is 45.9. The number of hydrogen-bond donors (Lipinski definition) is 12. The predicted octanol–water partition coefficient (Wildman–Crippen LogP) is -1.31. The summed E-state index contributed by atoms with van der Waals surface area (Å²) in [7, 11) is -16.5. The molecule has 3 rings (SSSR count). The van der Waals surface area contributed by atoms with Gasteiger partial charge in [-0.1, -0.05) is 25.6 Å². The molecule has 8 atom stereocenters. The number of rotatable bonds is 25. The van der Waals surface area contributed by atoms with Crippen LogP contribution in [0.1, 0.15) is 45.8 Å². The SMILES string of the molecule is CC(C)(COP(=O)(O)OP(=O)(O)OC[C@H]1O[C@@H](n2cnc3c(N)ncnc32)[C@H](O)[C@@H]1OP(=O)(O)O)[C@@H](O)C(=O)NCCC(=O)NCCSC(=O)C=C(O)CCCC(N)C(=O)O. The Morgan fingerprint density at radius 1 is 1.03 bits per heavy atom. The molecule has 0 saturated carbocycles. The summed E-state index contributed by atoms with van der Waals surface area (Å²) in [5.74, 6) is -2.94. The number of carboxylic acids is 1. The van der Waals surface area contributed by atoms with Gasteiger partial charge in [-0.25, -0.2) is 28.6 Å². The molecule has 3 heterocycles. The molecule has 2 aromatic heterocycles. The minimum atomic E-state index is -5.60. The highest BCUT2D eigenvalue weighted by molar-refractivity contribution is 8.14. The van der Waals surface area contributed by atoms with Crippen molar-refractivity contribution in [1.82, 2.24) is 30.2 Å². The first-order valence-electron chi connectivity index (χ1n) is 17.7. The molecule has 28 nitrogen and oxygen atoms in total. The number of nitrogens with two attached hydrogens (primary N) is 2. The predicted molar refractivity (Wildman–Crippen MR) is 207 cm³/mol. The molecule has 0 aliphatic carbocycles. The second-order valence-electron chi connectivity index (χ2n) is 13.7. The van der Waals surface area contributed by atoms with E-state index in [9.17, 15) is 67.8 Å². The number of aliphatic hydroxyl groups excluding tert-OH is 3. The Labute approximate surface area is 349 Å². The van der Waals surface area contributed by atoms with E-state index in [1.807, 2.05) is 0 Å². The van der Waals surface area contributed by atoms with Crippen molar-refractivity contribution in [2.45, 2.75) is 76.2 Å². The van der Waals surface area contributed by atoms with Gasteiger partial charge in [-0.3, -0.25) is 37.3 Å². The molecular weight excluding hydrogens is 905 g/mol. The largest absolute Gasteiger partial charge is 0.512 e. The summed E-state index contributed by atoms with van der Waals surface area (Å²) in [6.07, 6.45) is -5.80. The molecule has 0 spiro atoms. The van der Waals surface area contributed by atoms with E-state index < -0.39 is 102 Å². The van der Waals surface area contributed by atoms with Gasteiger partial charge in [-0.2, -0.15) is 4.31 Å². The van der Waals surface area contributed by atoms with Crippen molar-refractivity contribution in [3.8, 4) is 0 Å². The molecule has 3 unspecified atom stereocenters. The topological polar surface area (TPSA) is 447 Å². The van der Waals surface area contributed by atoms with E-state index in [0.29, 0.717) is 0 Å². The third-order valence-electron chi connectivity index (χ3n) is 8.30. The van der Waals surface area contributed by atoms with Crippen molar-refractivity contribution in [3.63, 3.8) is 0 Å². The number of aliphatic carboxylic acids is 1. The summed E-state index contributed by atoms with van der Waals surface area (Å²) < 4.78 is 62.1. The van der Waals surface area contributed by atoms with Gasteiger partial charge in [-0.15, -0.1) is 0 Å². The first kappa shape index (κ1) is 51.9. The van der Waals surface area contributed by atoms with Crippen molar-refractivity contribution in [2.24, 2.45) is 11.1 Å². The lowest BCUT2D eigenvalue weighted by Crippen LogP contribution is -2.46. The molecule has 32 heteroatoms. The van der Waals surface area contributed by atoms with Gasteiger partial charge in [0.1, 0.15) is 42.3 Å². The second kappa shape index (κ2) is 22.2. The number of aliphatic hydroxyl groups is 3. The lowest BCUT2D eigenvalue weighted by atomic mass is 9.87. The summed E-state index contributed by atoms with van der Waals surface area (Å²) >= 11 is 0.788. The zero-order valence-electron chi connectivity index (χ0n) is 32.2. The highest BCUT2D eigenvalue weighted by Gasteiger charge is 2.50. The van der Waals surface area contributed by atoms with Crippen LogP contribution in [0.15, 0.2) is 24.5 Å². The molecule has 1 aliphatic rings. The average Bonchev–Trinajstić information content (AvgIpc) is 3.71. The Bertz CT molecular complexity index is 2050. The van der Waals surface area contributed by atoms with Crippen LogP contribution in [-0.4, -0.2) is 145 Å². The van der Waals surface area contributed by atoms with E-state index >= 15 is 0 Å². The van der Waals surface area contributed by atoms with Crippen LogP contribution in [0.5, 0.6) is 0 Å². The third-order valence-corrected chi connectivity index (χ3v) is 12.2. The van der Waals surface area contributed by atoms with Gasteiger partial charge in [0.05, 0.1) is 25.3 Å². The lowest BCUT2D eigenvalue weighted by molar-refractivity contribution is -0.139. The number of aromatic nitrogens is 4. The van der Waals surface area contributed by atoms with Crippen LogP contribution in [0.2, 0.25) is 0 Å². The number of imidazole rings is 1. The fourth-order valence-electron chi connectivity index (χ4n) is 5.16. The van der Waals surface area contributed by atoms with Crippen LogP contribution in [0, 0.1) is 5.41 Å². The summed E-state index contributed by atoms with van der Waals surface area (Å²) in [5.41, 5.74) is 9.55. The smallest absolute Gasteiger partial charge is 0.481 e. The number of anilines is 1. The number of amides is 2. The Morgan fingerprint density at radius 2 is 1.70 bits per heavy atom. The Balaban J connectivity index is 1.43. The molecule has 1 fully saturated rings. The molecule has 1 saturated heterocycles. The lowest BCUT2D eigenvalue weighted by Gasteiger charge is -2.30. The maximum Gasteiger partial charge on any atom is 0.481 e. The number of carboxylic acid groups (broad SMARTS) is 1. The van der Waals surface area contributed by atoms with Crippen LogP contribution in [-0.2, 0) is 55.5 Å². The summed E-state index contributed by atoms with van der Waals surface area (Å²) in [4.78, 5) is 98.3. The molecule has 2 aromatic rings. The number of nitrogens with zero attached hydrogens (tertiary/aromatic N) is 4. The van der Waals surface area contributed by atoms with Crippen molar-refractivity contribution < 1.29 is 95.5 Å². The maximum atomic E-state index is 12.7. The molecule has 61 heavy (non-hydrogen) atoms. The normalized spacial score (nSPS) is 21.6. The van der Waals surface area contributed by atoms with E-state index in [0.717, 1.165) is 35.1 Å². The number of nitrogens with one attached hydrogen (secondary N) is 2. The van der Waals surface area contributed by atoms with E-state index in [4.69, 9.17) is 30.4 Å². The molecule has 0 radical (unpaired) electrons. The van der Waals surface area contributed by atoms with E-state index in [-0.39, 0.29) is 67.3 Å². The zero-order valence-corrected chi connectivity index (χ0v) is 35.7. The van der Waals surface area contributed by atoms with E-state index in [1.54, 1.807) is 0 Å². The van der Waals surface area contributed by atoms with Crippen LogP contribution >= 0.6 is 35.2 Å². The van der Waals surface area contributed by atoms with E-state index in [1.165, 1.54) is 13.8 Å². The molecular formula is C29H47N8O20P3S. The summed E-state index contributed by atoms with van der Waals surface area (Å²) in [6, 6.07) is -1.08. The summed E-state index contributed by atoms with van der Waals surface area (Å²) in [5, 5.41) is 44.3. The number of phosphoric ester groups is 3. The van der Waals surface area contributed by atoms with Crippen LogP contribution < -0.4 is 22.1 Å². The molecule has 2 amide bonds. The second-order valence-corrected chi connectivity index (χ2v) is 19.0. The van der Waals surface area contributed by atoms with Crippen LogP contribution in [0.3, 0.4) is 0 Å². The van der Waals surface area contributed by atoms with E-state index in [2.05, 4.69) is 34.4 Å². The fraction of sp³-hybridized carbons (Fsp3) is 0.621. The quantitative estimate of drug-likeness (QED) is 0.0238. The number of carbonyl (C=O) groups excluding carboxylic acids is 3. The van der Waals surface area contributed by atoms with Gasteiger partial charge in [0.15, 0.2) is 17.7 Å². The van der Waals surface area contributed by atoms with Gasteiger partial charge in [-0.05, 0) is 12.8 Å².